The minimum Gasteiger partial charge on any atom is -0.481 e. The molecule has 0 saturated carbocycles. The number of aliphatic carboxylic acids is 1. The molecule has 33 heavy (non-hydrogen) atoms. The summed E-state index contributed by atoms with van der Waals surface area (Å²) in [5, 5.41) is 13.1. The standard InChI is InChI=1S/C25H28BN3O4/c1-15(2)17-5-3-16(4-6-17)13-29-21-8-7-18(26)11-19(21)20(12-23(31)32)24(29)25(33)28-10-9-27-22(30)14-28/h3-8,11,15H,9-10,12-14,26H2,1-2H3,(H,27,30)(H,31,32). The number of amides is 2. The van der Waals surface area contributed by atoms with Crippen LogP contribution in [0.5, 0.6) is 0 Å². The SMILES string of the molecule is Bc1ccc2c(c1)c(CC(=O)O)c(C(=O)N1CCNC(=O)C1)n2Cc1ccc(C(C)C)cc1. The molecule has 170 valence electrons. The molecule has 0 bridgehead atoms. The van der Waals surface area contributed by atoms with Crippen LogP contribution in [0.25, 0.3) is 10.9 Å². The number of hydrogen-bond acceptors (Lipinski definition) is 3. The average Bonchev–Trinajstić information content (AvgIpc) is 3.05. The number of aromatic nitrogens is 1. The van der Waals surface area contributed by atoms with Crippen LogP contribution in [0.2, 0.25) is 0 Å². The van der Waals surface area contributed by atoms with Gasteiger partial charge in [0.05, 0.1) is 13.0 Å². The fourth-order valence-electron chi connectivity index (χ4n) is 4.43. The fraction of sp³-hybridized carbons (Fsp3) is 0.320. The fourth-order valence-corrected chi connectivity index (χ4v) is 4.43. The molecule has 1 fully saturated rings. The Hall–Kier alpha value is -3.55. The number of fused-ring (bicyclic) bond motifs is 1. The maximum atomic E-state index is 13.7. The first kappa shape index (κ1) is 22.6. The van der Waals surface area contributed by atoms with Crippen LogP contribution in [0.1, 0.15) is 46.9 Å². The lowest BCUT2D eigenvalue weighted by Crippen LogP contribution is -2.50. The van der Waals surface area contributed by atoms with Crippen LogP contribution in [-0.2, 0) is 22.6 Å². The third-order valence-corrected chi connectivity index (χ3v) is 6.17. The van der Waals surface area contributed by atoms with E-state index in [0.29, 0.717) is 36.8 Å². The Morgan fingerprint density at radius 1 is 1.15 bits per heavy atom. The van der Waals surface area contributed by atoms with Gasteiger partial charge in [-0.05, 0) is 23.1 Å². The molecule has 1 aliphatic rings. The van der Waals surface area contributed by atoms with Crippen molar-refractivity contribution >= 4 is 42.0 Å². The van der Waals surface area contributed by atoms with Crippen molar-refractivity contribution in [1.82, 2.24) is 14.8 Å². The lowest BCUT2D eigenvalue weighted by atomic mass is 9.93. The molecule has 1 saturated heterocycles. The van der Waals surface area contributed by atoms with Gasteiger partial charge in [-0.15, -0.1) is 0 Å². The first-order valence-electron chi connectivity index (χ1n) is 11.2. The Labute approximate surface area is 193 Å². The van der Waals surface area contributed by atoms with Gasteiger partial charge in [-0.1, -0.05) is 55.7 Å². The number of hydrogen-bond donors (Lipinski definition) is 2. The third-order valence-electron chi connectivity index (χ3n) is 6.17. The third kappa shape index (κ3) is 4.65. The highest BCUT2D eigenvalue weighted by molar-refractivity contribution is 6.33. The predicted molar refractivity (Wildman–Crippen MR) is 130 cm³/mol. The summed E-state index contributed by atoms with van der Waals surface area (Å²) in [6.07, 6.45) is -0.264. The van der Waals surface area contributed by atoms with Crippen LogP contribution in [0.3, 0.4) is 0 Å². The summed E-state index contributed by atoms with van der Waals surface area (Å²) in [7, 11) is 1.95. The van der Waals surface area contributed by atoms with Gasteiger partial charge < -0.3 is 19.9 Å². The van der Waals surface area contributed by atoms with Crippen molar-refractivity contribution in [3.05, 3.63) is 64.8 Å². The zero-order chi connectivity index (χ0) is 23.7. The highest BCUT2D eigenvalue weighted by atomic mass is 16.4. The van der Waals surface area contributed by atoms with E-state index < -0.39 is 5.97 Å². The van der Waals surface area contributed by atoms with Crippen LogP contribution in [-0.4, -0.2) is 59.8 Å². The van der Waals surface area contributed by atoms with Crippen molar-refractivity contribution in [2.75, 3.05) is 19.6 Å². The summed E-state index contributed by atoms with van der Waals surface area (Å²) in [5.41, 5.74) is 4.90. The topological polar surface area (TPSA) is 91.6 Å². The van der Waals surface area contributed by atoms with Crippen LogP contribution >= 0.6 is 0 Å². The Bertz CT molecular complexity index is 1230. The predicted octanol–water partition coefficient (Wildman–Crippen LogP) is 1.27. The summed E-state index contributed by atoms with van der Waals surface area (Å²) < 4.78 is 1.91. The number of benzene rings is 2. The maximum absolute atomic E-state index is 13.7. The molecule has 1 aliphatic heterocycles. The molecule has 2 heterocycles. The Morgan fingerprint density at radius 3 is 2.52 bits per heavy atom. The minimum atomic E-state index is -0.998. The van der Waals surface area contributed by atoms with Crippen LogP contribution < -0.4 is 10.8 Å². The van der Waals surface area contributed by atoms with E-state index in [1.807, 2.05) is 30.6 Å². The van der Waals surface area contributed by atoms with Gasteiger partial charge in [-0.25, -0.2) is 0 Å². The number of carboxylic acid groups (broad SMARTS) is 1. The molecule has 7 nitrogen and oxygen atoms in total. The van der Waals surface area contributed by atoms with Gasteiger partial charge in [0.25, 0.3) is 5.91 Å². The quantitative estimate of drug-likeness (QED) is 0.560. The van der Waals surface area contributed by atoms with E-state index >= 15 is 0 Å². The summed E-state index contributed by atoms with van der Waals surface area (Å²) in [5.74, 6) is -1.10. The van der Waals surface area contributed by atoms with E-state index in [4.69, 9.17) is 0 Å². The molecular weight excluding hydrogens is 417 g/mol. The highest BCUT2D eigenvalue weighted by Crippen LogP contribution is 2.29. The van der Waals surface area contributed by atoms with E-state index in [2.05, 4.69) is 43.4 Å². The largest absolute Gasteiger partial charge is 0.481 e. The Kier molecular flexibility index (Phi) is 6.27. The molecular formula is C25H28BN3O4. The van der Waals surface area contributed by atoms with E-state index in [1.54, 1.807) is 0 Å². The molecule has 2 amide bonds. The van der Waals surface area contributed by atoms with Crippen molar-refractivity contribution < 1.29 is 19.5 Å². The van der Waals surface area contributed by atoms with Crippen molar-refractivity contribution in [3.8, 4) is 0 Å². The second-order valence-corrected chi connectivity index (χ2v) is 8.98. The van der Waals surface area contributed by atoms with Crippen molar-refractivity contribution in [2.45, 2.75) is 32.7 Å². The molecule has 8 heteroatoms. The van der Waals surface area contributed by atoms with Gasteiger partial charge in [-0.3, -0.25) is 14.4 Å². The summed E-state index contributed by atoms with van der Waals surface area (Å²) in [4.78, 5) is 38.9. The number of nitrogens with one attached hydrogen (secondary N) is 1. The van der Waals surface area contributed by atoms with E-state index in [0.717, 1.165) is 21.9 Å². The molecule has 2 N–H and O–H groups in total. The average molecular weight is 445 g/mol. The Balaban J connectivity index is 1.87. The maximum Gasteiger partial charge on any atom is 0.307 e. The second kappa shape index (κ2) is 9.14. The lowest BCUT2D eigenvalue weighted by Gasteiger charge is -2.27. The normalized spacial score (nSPS) is 14.0. The number of piperazine rings is 1. The minimum absolute atomic E-state index is 0.0328. The number of carbonyl (C=O) groups is 3. The van der Waals surface area contributed by atoms with Crippen LogP contribution in [0.4, 0.5) is 0 Å². The smallest absolute Gasteiger partial charge is 0.307 e. The number of nitrogens with zero attached hydrogens (tertiary/aromatic N) is 2. The van der Waals surface area contributed by atoms with Gasteiger partial charge in [0.2, 0.25) is 5.91 Å². The first-order valence-corrected chi connectivity index (χ1v) is 11.2. The van der Waals surface area contributed by atoms with E-state index in [1.165, 1.54) is 10.5 Å². The van der Waals surface area contributed by atoms with E-state index in [9.17, 15) is 19.5 Å². The van der Waals surface area contributed by atoms with Gasteiger partial charge in [0.15, 0.2) is 0 Å². The molecule has 0 atom stereocenters. The molecule has 2 aromatic carbocycles. The Morgan fingerprint density at radius 2 is 1.88 bits per heavy atom. The molecule has 0 aliphatic carbocycles. The molecule has 4 rings (SSSR count). The number of rotatable bonds is 6. The highest BCUT2D eigenvalue weighted by Gasteiger charge is 2.30. The van der Waals surface area contributed by atoms with Gasteiger partial charge >= 0.3 is 5.97 Å². The number of carboxylic acids is 1. The zero-order valence-corrected chi connectivity index (χ0v) is 19.2. The number of carbonyl (C=O) groups excluding carboxylic acids is 2. The second-order valence-electron chi connectivity index (χ2n) is 8.98. The molecule has 1 aromatic heterocycles. The van der Waals surface area contributed by atoms with Crippen molar-refractivity contribution in [2.24, 2.45) is 0 Å². The van der Waals surface area contributed by atoms with Gasteiger partial charge in [-0.2, -0.15) is 0 Å². The van der Waals surface area contributed by atoms with E-state index in [-0.39, 0.29) is 24.8 Å². The van der Waals surface area contributed by atoms with Crippen LogP contribution in [0, 0.1) is 0 Å². The molecule has 0 spiro atoms. The molecule has 0 unspecified atom stereocenters. The molecule has 3 aromatic rings. The summed E-state index contributed by atoms with van der Waals surface area (Å²) >= 11 is 0. The van der Waals surface area contributed by atoms with Crippen molar-refractivity contribution in [3.63, 3.8) is 0 Å². The summed E-state index contributed by atoms with van der Waals surface area (Å²) in [6, 6.07) is 14.1. The van der Waals surface area contributed by atoms with Gasteiger partial charge in [0.1, 0.15) is 13.5 Å². The summed E-state index contributed by atoms with van der Waals surface area (Å²) in [6.45, 7) is 5.45. The first-order chi connectivity index (χ1) is 15.7. The van der Waals surface area contributed by atoms with Crippen molar-refractivity contribution in [1.29, 1.82) is 0 Å². The van der Waals surface area contributed by atoms with Gasteiger partial charge in [0, 0.05) is 36.1 Å². The van der Waals surface area contributed by atoms with Crippen LogP contribution in [0.15, 0.2) is 42.5 Å². The molecule has 0 radical (unpaired) electrons. The zero-order valence-electron chi connectivity index (χ0n) is 19.2. The lowest BCUT2D eigenvalue weighted by molar-refractivity contribution is -0.136. The monoisotopic (exact) mass is 445 g/mol.